The van der Waals surface area contributed by atoms with E-state index in [2.05, 4.69) is 15.5 Å². The first-order valence-electron chi connectivity index (χ1n) is 5.69. The number of nitrogens with two attached hydrogens (primary N) is 1. The van der Waals surface area contributed by atoms with Gasteiger partial charge in [-0.3, -0.25) is 14.2 Å². The number of aromatic nitrogens is 4. The Morgan fingerprint density at radius 3 is 2.79 bits per heavy atom. The molecule has 0 bridgehead atoms. The van der Waals surface area contributed by atoms with E-state index in [1.54, 1.807) is 19.3 Å². The summed E-state index contributed by atoms with van der Waals surface area (Å²) in [7, 11) is 1.68. The molecule has 0 saturated heterocycles. The Labute approximate surface area is 117 Å². The SMILES string of the molecule is CCn1cc(CNc2cc(C(N)=O)n(C)n2)cn1.Cl. The normalized spacial score (nSPS) is 10.0. The minimum absolute atomic E-state index is 0. The Morgan fingerprint density at radius 1 is 1.53 bits per heavy atom. The predicted octanol–water partition coefficient (Wildman–Crippen LogP) is 0.769. The van der Waals surface area contributed by atoms with E-state index in [-0.39, 0.29) is 12.4 Å². The maximum absolute atomic E-state index is 11.1. The first-order chi connectivity index (χ1) is 8.60. The monoisotopic (exact) mass is 284 g/mol. The highest BCUT2D eigenvalue weighted by atomic mass is 35.5. The maximum atomic E-state index is 11.1. The molecule has 0 aliphatic carbocycles. The lowest BCUT2D eigenvalue weighted by atomic mass is 10.3. The molecule has 2 rings (SSSR count). The summed E-state index contributed by atoms with van der Waals surface area (Å²) in [5.74, 6) is 0.132. The van der Waals surface area contributed by atoms with Gasteiger partial charge in [-0.15, -0.1) is 12.4 Å². The van der Waals surface area contributed by atoms with Gasteiger partial charge in [0.2, 0.25) is 0 Å². The van der Waals surface area contributed by atoms with Crippen LogP contribution in [-0.4, -0.2) is 25.5 Å². The second-order valence-corrected chi connectivity index (χ2v) is 3.96. The number of primary amides is 1. The summed E-state index contributed by atoms with van der Waals surface area (Å²) < 4.78 is 3.31. The van der Waals surface area contributed by atoms with Crippen LogP contribution in [0, 0.1) is 0 Å². The van der Waals surface area contributed by atoms with E-state index in [0.29, 0.717) is 18.1 Å². The predicted molar refractivity (Wildman–Crippen MR) is 74.2 cm³/mol. The van der Waals surface area contributed by atoms with Crippen LogP contribution >= 0.6 is 12.4 Å². The number of carbonyl (C=O) groups excluding carboxylic acids is 1. The van der Waals surface area contributed by atoms with Crippen molar-refractivity contribution in [2.24, 2.45) is 12.8 Å². The molecule has 19 heavy (non-hydrogen) atoms. The standard InChI is InChI=1S/C11H16N6O.ClH/c1-3-17-7-8(6-14-17)5-13-10-4-9(11(12)18)16(2)15-10;/h4,6-7H,3,5H2,1-2H3,(H2,12,18)(H,13,15);1H. The molecule has 3 N–H and O–H groups in total. The minimum Gasteiger partial charge on any atom is -0.364 e. The van der Waals surface area contributed by atoms with Crippen molar-refractivity contribution in [1.82, 2.24) is 19.6 Å². The molecular weight excluding hydrogens is 268 g/mol. The van der Waals surface area contributed by atoms with E-state index in [4.69, 9.17) is 5.73 Å². The molecule has 2 heterocycles. The molecule has 0 unspecified atom stereocenters. The zero-order valence-corrected chi connectivity index (χ0v) is 11.6. The van der Waals surface area contributed by atoms with Crippen LogP contribution in [0.4, 0.5) is 5.82 Å². The first kappa shape index (κ1) is 15.0. The van der Waals surface area contributed by atoms with Crippen molar-refractivity contribution in [3.8, 4) is 0 Å². The molecule has 0 aliphatic rings. The smallest absolute Gasteiger partial charge is 0.267 e. The number of hydrogen-bond donors (Lipinski definition) is 2. The minimum atomic E-state index is -0.489. The summed E-state index contributed by atoms with van der Waals surface area (Å²) in [6, 6.07) is 1.63. The van der Waals surface area contributed by atoms with Crippen LogP contribution in [0.1, 0.15) is 23.0 Å². The molecule has 104 valence electrons. The van der Waals surface area contributed by atoms with Gasteiger partial charge in [0, 0.05) is 38.0 Å². The number of rotatable bonds is 5. The van der Waals surface area contributed by atoms with Crippen LogP contribution in [0.5, 0.6) is 0 Å². The Hall–Kier alpha value is -2.02. The third-order valence-electron chi connectivity index (χ3n) is 2.62. The van der Waals surface area contributed by atoms with Crippen LogP contribution in [0.15, 0.2) is 18.5 Å². The summed E-state index contributed by atoms with van der Waals surface area (Å²) in [5, 5.41) is 11.4. The van der Waals surface area contributed by atoms with Gasteiger partial charge in [-0.2, -0.15) is 10.2 Å². The molecule has 2 aromatic rings. The van der Waals surface area contributed by atoms with Gasteiger partial charge in [-0.1, -0.05) is 0 Å². The maximum Gasteiger partial charge on any atom is 0.267 e. The summed E-state index contributed by atoms with van der Waals surface area (Å²) in [6.07, 6.45) is 3.76. The number of nitrogens with zero attached hydrogens (tertiary/aromatic N) is 4. The zero-order chi connectivity index (χ0) is 13.1. The van der Waals surface area contributed by atoms with Gasteiger partial charge < -0.3 is 11.1 Å². The Morgan fingerprint density at radius 2 is 2.26 bits per heavy atom. The van der Waals surface area contributed by atoms with E-state index in [9.17, 15) is 4.79 Å². The van der Waals surface area contributed by atoms with Gasteiger partial charge in [0.1, 0.15) is 11.5 Å². The van der Waals surface area contributed by atoms with Crippen molar-refractivity contribution in [3.05, 3.63) is 29.7 Å². The highest BCUT2D eigenvalue weighted by molar-refractivity contribution is 5.91. The summed E-state index contributed by atoms with van der Waals surface area (Å²) in [5.41, 5.74) is 6.65. The van der Waals surface area contributed by atoms with Crippen LogP contribution < -0.4 is 11.1 Å². The zero-order valence-electron chi connectivity index (χ0n) is 10.8. The topological polar surface area (TPSA) is 90.8 Å². The number of carbonyl (C=O) groups is 1. The molecule has 1 amide bonds. The number of anilines is 1. The van der Waals surface area contributed by atoms with E-state index in [1.807, 2.05) is 17.8 Å². The van der Waals surface area contributed by atoms with Crippen molar-refractivity contribution in [3.63, 3.8) is 0 Å². The van der Waals surface area contributed by atoms with E-state index in [0.717, 1.165) is 12.1 Å². The Kier molecular flexibility index (Phi) is 4.94. The molecule has 0 aromatic carbocycles. The fourth-order valence-electron chi connectivity index (χ4n) is 1.65. The van der Waals surface area contributed by atoms with Gasteiger partial charge in [-0.05, 0) is 6.92 Å². The number of aryl methyl sites for hydroxylation is 2. The second kappa shape index (κ2) is 6.24. The Balaban J connectivity index is 0.00000180. The molecule has 0 spiro atoms. The molecule has 0 saturated carbocycles. The highest BCUT2D eigenvalue weighted by Crippen LogP contribution is 2.09. The molecular formula is C11H17ClN6O. The fraction of sp³-hybridized carbons (Fsp3) is 0.364. The van der Waals surface area contributed by atoms with Crippen LogP contribution in [-0.2, 0) is 20.1 Å². The van der Waals surface area contributed by atoms with Crippen LogP contribution in [0.25, 0.3) is 0 Å². The Bertz CT molecular complexity index is 561. The largest absolute Gasteiger partial charge is 0.364 e. The summed E-state index contributed by atoms with van der Waals surface area (Å²) in [6.45, 7) is 3.48. The van der Waals surface area contributed by atoms with Crippen molar-refractivity contribution in [2.45, 2.75) is 20.0 Å². The molecule has 0 aliphatic heterocycles. The lowest BCUT2D eigenvalue weighted by Gasteiger charge is -1.99. The van der Waals surface area contributed by atoms with Gasteiger partial charge in [-0.25, -0.2) is 0 Å². The van der Waals surface area contributed by atoms with E-state index < -0.39 is 5.91 Å². The van der Waals surface area contributed by atoms with Gasteiger partial charge in [0.25, 0.3) is 5.91 Å². The lowest BCUT2D eigenvalue weighted by Crippen LogP contribution is -2.15. The van der Waals surface area contributed by atoms with Crippen molar-refractivity contribution < 1.29 is 4.79 Å². The second-order valence-electron chi connectivity index (χ2n) is 3.96. The molecule has 0 radical (unpaired) electrons. The molecule has 8 heteroatoms. The first-order valence-corrected chi connectivity index (χ1v) is 5.69. The fourth-order valence-corrected chi connectivity index (χ4v) is 1.65. The molecule has 0 fully saturated rings. The average Bonchev–Trinajstić information content (AvgIpc) is 2.92. The lowest BCUT2D eigenvalue weighted by molar-refractivity contribution is 0.0991. The van der Waals surface area contributed by atoms with Gasteiger partial charge in [0.15, 0.2) is 0 Å². The third kappa shape index (κ3) is 3.47. The van der Waals surface area contributed by atoms with Crippen LogP contribution in [0.2, 0.25) is 0 Å². The summed E-state index contributed by atoms with van der Waals surface area (Å²) >= 11 is 0. The average molecular weight is 285 g/mol. The third-order valence-corrected chi connectivity index (χ3v) is 2.62. The molecule has 7 nitrogen and oxygen atoms in total. The van der Waals surface area contributed by atoms with Gasteiger partial charge >= 0.3 is 0 Å². The van der Waals surface area contributed by atoms with Crippen LogP contribution in [0.3, 0.4) is 0 Å². The number of hydrogen-bond acceptors (Lipinski definition) is 4. The van der Waals surface area contributed by atoms with Gasteiger partial charge in [0.05, 0.1) is 6.20 Å². The van der Waals surface area contributed by atoms with Crippen molar-refractivity contribution >= 4 is 24.1 Å². The molecule has 0 atom stereocenters. The number of halogens is 1. The van der Waals surface area contributed by atoms with Crippen molar-refractivity contribution in [2.75, 3.05) is 5.32 Å². The van der Waals surface area contributed by atoms with E-state index >= 15 is 0 Å². The summed E-state index contributed by atoms with van der Waals surface area (Å²) in [4.78, 5) is 11.1. The number of amides is 1. The molecule has 2 aromatic heterocycles. The number of nitrogens with one attached hydrogen (secondary N) is 1. The quantitative estimate of drug-likeness (QED) is 0.848. The highest BCUT2D eigenvalue weighted by Gasteiger charge is 2.09. The van der Waals surface area contributed by atoms with Crippen molar-refractivity contribution in [1.29, 1.82) is 0 Å². The van der Waals surface area contributed by atoms with E-state index in [1.165, 1.54) is 4.68 Å².